The fourth-order valence-corrected chi connectivity index (χ4v) is 3.40. The summed E-state index contributed by atoms with van der Waals surface area (Å²) in [5.41, 5.74) is 2.03. The van der Waals surface area contributed by atoms with Gasteiger partial charge in [-0.1, -0.05) is 12.8 Å². The van der Waals surface area contributed by atoms with E-state index in [-0.39, 0.29) is 11.4 Å². The smallest absolute Gasteiger partial charge is 0.276 e. The largest absolute Gasteiger partial charge is 0.312 e. The molecule has 0 amide bonds. The van der Waals surface area contributed by atoms with Crippen LogP contribution in [0.15, 0.2) is 47.5 Å². The average Bonchev–Trinajstić information content (AvgIpc) is 3.20. The van der Waals surface area contributed by atoms with E-state index >= 15 is 0 Å². The van der Waals surface area contributed by atoms with Crippen LogP contribution >= 0.6 is 0 Å². The molecule has 1 aliphatic rings. The fraction of sp³-hybridized carbons (Fsp3) is 0.333. The van der Waals surface area contributed by atoms with Gasteiger partial charge in [-0.3, -0.25) is 4.79 Å². The van der Waals surface area contributed by atoms with Gasteiger partial charge in [-0.2, -0.15) is 5.10 Å². The number of hydrogen-bond acceptors (Lipinski definition) is 2. The molecular weight excluding hydrogens is 293 g/mol. The Morgan fingerprint density at radius 3 is 2.61 bits per heavy atom. The number of benzene rings is 1. The van der Waals surface area contributed by atoms with Crippen molar-refractivity contribution in [3.8, 4) is 11.3 Å². The third-order valence-electron chi connectivity index (χ3n) is 4.67. The standard InChI is InChI=1S/C18H18FN3O/c19-15-7-5-14(6-8-15)16-11-17-18(23)21(9-10-22(17)20-16)12-13-3-1-2-4-13/h5-11,13H,1-4,12H2. The summed E-state index contributed by atoms with van der Waals surface area (Å²) in [4.78, 5) is 12.7. The Bertz CT molecular complexity index is 889. The van der Waals surface area contributed by atoms with Crippen molar-refractivity contribution in [2.24, 2.45) is 5.92 Å². The minimum Gasteiger partial charge on any atom is -0.312 e. The minimum atomic E-state index is -0.281. The number of hydrogen-bond donors (Lipinski definition) is 0. The van der Waals surface area contributed by atoms with Gasteiger partial charge in [-0.05, 0) is 49.1 Å². The van der Waals surface area contributed by atoms with Crippen LogP contribution in [0, 0.1) is 11.7 Å². The lowest BCUT2D eigenvalue weighted by Gasteiger charge is -2.11. The SMILES string of the molecule is O=c1c2cc(-c3ccc(F)cc3)nn2ccn1CC1CCCC1. The van der Waals surface area contributed by atoms with Crippen LogP contribution in [0.3, 0.4) is 0 Å². The summed E-state index contributed by atoms with van der Waals surface area (Å²) < 4.78 is 16.4. The van der Waals surface area contributed by atoms with Crippen molar-refractivity contribution < 1.29 is 4.39 Å². The summed E-state index contributed by atoms with van der Waals surface area (Å²) in [5.74, 6) is 0.325. The summed E-state index contributed by atoms with van der Waals surface area (Å²) in [7, 11) is 0. The second kappa shape index (κ2) is 5.65. The summed E-state index contributed by atoms with van der Waals surface area (Å²) in [6, 6.07) is 7.93. The maximum atomic E-state index is 13.0. The molecule has 1 fully saturated rings. The second-order valence-corrected chi connectivity index (χ2v) is 6.27. The van der Waals surface area contributed by atoms with E-state index < -0.39 is 0 Å². The van der Waals surface area contributed by atoms with Crippen molar-refractivity contribution in [3.63, 3.8) is 0 Å². The van der Waals surface area contributed by atoms with Gasteiger partial charge in [0.1, 0.15) is 11.3 Å². The lowest BCUT2D eigenvalue weighted by atomic mass is 10.1. The van der Waals surface area contributed by atoms with E-state index in [9.17, 15) is 9.18 Å². The zero-order valence-corrected chi connectivity index (χ0v) is 12.8. The average molecular weight is 311 g/mol. The van der Waals surface area contributed by atoms with Crippen molar-refractivity contribution in [3.05, 3.63) is 58.9 Å². The van der Waals surface area contributed by atoms with Crippen LogP contribution in [0.25, 0.3) is 16.8 Å². The van der Waals surface area contributed by atoms with Crippen LogP contribution in [0.4, 0.5) is 4.39 Å². The third-order valence-corrected chi connectivity index (χ3v) is 4.67. The van der Waals surface area contributed by atoms with Crippen LogP contribution in [-0.2, 0) is 6.54 Å². The molecule has 0 radical (unpaired) electrons. The predicted octanol–water partition coefficient (Wildman–Crippen LogP) is 3.49. The van der Waals surface area contributed by atoms with Crippen LogP contribution < -0.4 is 5.56 Å². The zero-order chi connectivity index (χ0) is 15.8. The molecular formula is C18H18FN3O. The molecule has 2 heterocycles. The van der Waals surface area contributed by atoms with E-state index in [4.69, 9.17) is 0 Å². The highest BCUT2D eigenvalue weighted by Crippen LogP contribution is 2.26. The lowest BCUT2D eigenvalue weighted by Crippen LogP contribution is -2.24. The molecule has 0 spiro atoms. The van der Waals surface area contributed by atoms with Crippen molar-refractivity contribution in [2.75, 3.05) is 0 Å². The first kappa shape index (κ1) is 14.2. The molecule has 1 saturated carbocycles. The van der Waals surface area contributed by atoms with E-state index in [0.29, 0.717) is 17.1 Å². The van der Waals surface area contributed by atoms with Gasteiger partial charge in [0.2, 0.25) is 0 Å². The molecule has 23 heavy (non-hydrogen) atoms. The lowest BCUT2D eigenvalue weighted by molar-refractivity contribution is 0.448. The normalized spacial score (nSPS) is 15.5. The number of halogens is 1. The molecule has 3 aromatic rings. The van der Waals surface area contributed by atoms with Crippen LogP contribution in [0.2, 0.25) is 0 Å². The Hall–Kier alpha value is -2.43. The Balaban J connectivity index is 1.72. The summed E-state index contributed by atoms with van der Waals surface area (Å²) in [6.45, 7) is 0.784. The number of fused-ring (bicyclic) bond motifs is 1. The van der Waals surface area contributed by atoms with E-state index in [1.54, 1.807) is 27.3 Å². The molecule has 1 aliphatic carbocycles. The van der Waals surface area contributed by atoms with Gasteiger partial charge in [-0.25, -0.2) is 8.91 Å². The molecule has 2 aromatic heterocycles. The molecule has 0 unspecified atom stereocenters. The van der Waals surface area contributed by atoms with Crippen molar-refractivity contribution in [1.82, 2.24) is 14.2 Å². The van der Waals surface area contributed by atoms with Crippen molar-refractivity contribution in [2.45, 2.75) is 32.2 Å². The zero-order valence-electron chi connectivity index (χ0n) is 12.8. The van der Waals surface area contributed by atoms with Crippen molar-refractivity contribution >= 4 is 5.52 Å². The third kappa shape index (κ3) is 2.67. The number of aromatic nitrogens is 3. The van der Waals surface area contributed by atoms with Crippen LogP contribution in [0.1, 0.15) is 25.7 Å². The summed E-state index contributed by atoms with van der Waals surface area (Å²) >= 11 is 0. The summed E-state index contributed by atoms with van der Waals surface area (Å²) in [6.07, 6.45) is 8.58. The Morgan fingerprint density at radius 2 is 1.87 bits per heavy atom. The maximum Gasteiger partial charge on any atom is 0.276 e. The fourth-order valence-electron chi connectivity index (χ4n) is 3.40. The van der Waals surface area contributed by atoms with Gasteiger partial charge in [0.05, 0.1) is 5.69 Å². The molecule has 0 aliphatic heterocycles. The van der Waals surface area contributed by atoms with Gasteiger partial charge in [0.15, 0.2) is 0 Å². The maximum absolute atomic E-state index is 13.0. The van der Waals surface area contributed by atoms with Gasteiger partial charge in [0.25, 0.3) is 5.56 Å². The molecule has 4 rings (SSSR count). The van der Waals surface area contributed by atoms with E-state index in [1.807, 2.05) is 12.4 Å². The molecule has 0 bridgehead atoms. The van der Waals surface area contributed by atoms with Gasteiger partial charge in [0, 0.05) is 24.5 Å². The molecule has 118 valence electrons. The first-order valence-electron chi connectivity index (χ1n) is 8.05. The van der Waals surface area contributed by atoms with Crippen molar-refractivity contribution in [1.29, 1.82) is 0 Å². The summed E-state index contributed by atoms with van der Waals surface area (Å²) in [5, 5.41) is 4.43. The Morgan fingerprint density at radius 1 is 1.13 bits per heavy atom. The van der Waals surface area contributed by atoms with Gasteiger partial charge < -0.3 is 4.57 Å². The quantitative estimate of drug-likeness (QED) is 0.743. The van der Waals surface area contributed by atoms with Crippen LogP contribution in [0.5, 0.6) is 0 Å². The minimum absolute atomic E-state index is 0.0136. The molecule has 0 saturated heterocycles. The molecule has 1 aromatic carbocycles. The van der Waals surface area contributed by atoms with E-state index in [0.717, 1.165) is 12.1 Å². The second-order valence-electron chi connectivity index (χ2n) is 6.27. The molecule has 4 nitrogen and oxygen atoms in total. The number of nitrogens with zero attached hydrogens (tertiary/aromatic N) is 3. The molecule has 0 atom stereocenters. The van der Waals surface area contributed by atoms with Gasteiger partial charge >= 0.3 is 0 Å². The first-order valence-corrected chi connectivity index (χ1v) is 8.05. The van der Waals surface area contributed by atoms with Gasteiger partial charge in [-0.15, -0.1) is 0 Å². The highest BCUT2D eigenvalue weighted by molar-refractivity contribution is 5.65. The topological polar surface area (TPSA) is 39.3 Å². The van der Waals surface area contributed by atoms with Crippen LogP contribution in [-0.4, -0.2) is 14.2 Å². The van der Waals surface area contributed by atoms with E-state index in [2.05, 4.69) is 5.10 Å². The highest BCUT2D eigenvalue weighted by atomic mass is 19.1. The monoisotopic (exact) mass is 311 g/mol. The molecule has 5 heteroatoms. The van der Waals surface area contributed by atoms with E-state index in [1.165, 1.54) is 37.8 Å². The highest BCUT2D eigenvalue weighted by Gasteiger charge is 2.17. The first-order chi connectivity index (χ1) is 11.2. The predicted molar refractivity (Wildman–Crippen MR) is 86.8 cm³/mol. The Labute approximate surface area is 133 Å². The Kier molecular flexibility index (Phi) is 3.48. The number of rotatable bonds is 3. The molecule has 0 N–H and O–H groups in total.